The summed E-state index contributed by atoms with van der Waals surface area (Å²) in [5.41, 5.74) is 7.96. The van der Waals surface area contributed by atoms with Crippen LogP contribution in [0.15, 0.2) is 42.6 Å². The van der Waals surface area contributed by atoms with Gasteiger partial charge in [-0.25, -0.2) is 4.98 Å². The third-order valence-electron chi connectivity index (χ3n) is 7.58. The number of benzene rings is 1. The average Bonchev–Trinajstić information content (AvgIpc) is 2.97. The molecule has 2 rings (SSSR count). The number of nitrogens with two attached hydrogens (primary N) is 1. The van der Waals surface area contributed by atoms with Gasteiger partial charge in [-0.3, -0.25) is 19.2 Å². The summed E-state index contributed by atoms with van der Waals surface area (Å²) in [4.78, 5) is 55.9. The van der Waals surface area contributed by atoms with E-state index in [2.05, 4.69) is 44.9 Å². The summed E-state index contributed by atoms with van der Waals surface area (Å²) in [5, 5.41) is 2.88. The molecule has 10 heteroatoms. The van der Waals surface area contributed by atoms with E-state index in [1.54, 1.807) is 29.0 Å². The number of aldehydes is 1. The fourth-order valence-corrected chi connectivity index (χ4v) is 4.53. The van der Waals surface area contributed by atoms with E-state index in [1.165, 1.54) is 6.20 Å². The van der Waals surface area contributed by atoms with Crippen molar-refractivity contribution in [1.82, 2.24) is 14.8 Å². The highest BCUT2D eigenvalue weighted by Crippen LogP contribution is 2.29. The lowest BCUT2D eigenvalue weighted by atomic mass is 9.83. The molecule has 0 saturated heterocycles. The molecule has 1 aromatic heterocycles. The minimum absolute atomic E-state index is 0.0258. The highest BCUT2D eigenvalue weighted by Gasteiger charge is 2.23. The normalized spacial score (nSPS) is 12.3. The van der Waals surface area contributed by atoms with Crippen LogP contribution < -0.4 is 15.8 Å². The van der Waals surface area contributed by atoms with Crippen LogP contribution in [0.3, 0.4) is 0 Å². The van der Waals surface area contributed by atoms with Crippen LogP contribution in [0.5, 0.6) is 5.75 Å². The molecule has 0 fully saturated rings. The van der Waals surface area contributed by atoms with E-state index in [4.69, 9.17) is 10.5 Å². The molecular weight excluding hydrogens is 558 g/mol. The zero-order chi connectivity index (χ0) is 32.9. The monoisotopic (exact) mass is 609 g/mol. The number of carbonyl (C=O) groups is 4. The molecular formula is C34H51N5O5. The van der Waals surface area contributed by atoms with E-state index in [1.807, 2.05) is 31.3 Å². The Labute approximate surface area is 262 Å². The van der Waals surface area contributed by atoms with E-state index in [0.29, 0.717) is 81.6 Å². The number of aromatic nitrogens is 1. The summed E-state index contributed by atoms with van der Waals surface area (Å²) in [5.74, 6) is 0.451. The van der Waals surface area contributed by atoms with Crippen molar-refractivity contribution < 1.29 is 23.9 Å². The summed E-state index contributed by atoms with van der Waals surface area (Å²) in [6, 6.07) is 10.3. The largest absolute Gasteiger partial charge is 0.490 e. The number of nitrogens with one attached hydrogen (secondary N) is 1. The number of pyridine rings is 1. The number of ether oxygens (including phenoxy) is 1. The van der Waals surface area contributed by atoms with Gasteiger partial charge in [0.15, 0.2) is 6.29 Å². The van der Waals surface area contributed by atoms with Gasteiger partial charge in [-0.15, -0.1) is 0 Å². The van der Waals surface area contributed by atoms with Gasteiger partial charge in [0, 0.05) is 39.2 Å². The molecule has 0 radical (unpaired) electrons. The highest BCUT2D eigenvalue weighted by atomic mass is 16.5. The molecule has 1 atom stereocenters. The van der Waals surface area contributed by atoms with Gasteiger partial charge in [0.05, 0.1) is 18.8 Å². The topological polar surface area (TPSA) is 135 Å². The van der Waals surface area contributed by atoms with Crippen molar-refractivity contribution >= 4 is 29.7 Å². The number of nitrogens with zero attached hydrogens (tertiary/aromatic N) is 3. The van der Waals surface area contributed by atoms with E-state index in [9.17, 15) is 19.2 Å². The van der Waals surface area contributed by atoms with Gasteiger partial charge >= 0.3 is 0 Å². The highest BCUT2D eigenvalue weighted by molar-refractivity contribution is 5.94. The third kappa shape index (κ3) is 13.7. The molecule has 0 bridgehead atoms. The molecule has 0 aliphatic rings. The van der Waals surface area contributed by atoms with Gasteiger partial charge < -0.3 is 25.6 Å². The Morgan fingerprint density at radius 3 is 2.05 bits per heavy atom. The average molecular weight is 610 g/mol. The summed E-state index contributed by atoms with van der Waals surface area (Å²) >= 11 is 0. The standard InChI is InChI=1S/C34H51N5O5/c1-33(2,3)22-29(35)32(43)37-26-10-8-25(9-11-26)16-19-38(6)30(41)14-17-34(4,5)18-15-31(42)39(7)20-21-44-28-13-12-27(24-40)36-23-28/h8-13,23-24,29H,14-22,35H2,1-7H3,(H,37,43)/t29-/m0/s1. The molecule has 242 valence electrons. The Morgan fingerprint density at radius 1 is 0.932 bits per heavy atom. The van der Waals surface area contributed by atoms with Crippen molar-refractivity contribution in [3.05, 3.63) is 53.9 Å². The lowest BCUT2D eigenvalue weighted by molar-refractivity contribution is -0.131. The number of likely N-dealkylation sites (N-methyl/N-ethyl adjacent to an activating group) is 2. The fourth-order valence-electron chi connectivity index (χ4n) is 4.53. The summed E-state index contributed by atoms with van der Waals surface area (Å²) in [7, 11) is 3.56. The fraction of sp³-hybridized carbons (Fsp3) is 0.559. The van der Waals surface area contributed by atoms with Gasteiger partial charge in [-0.2, -0.15) is 0 Å². The Morgan fingerprint density at radius 2 is 1.52 bits per heavy atom. The van der Waals surface area contributed by atoms with Crippen LogP contribution in [0, 0.1) is 10.8 Å². The van der Waals surface area contributed by atoms with Crippen LogP contribution in [0.25, 0.3) is 0 Å². The minimum Gasteiger partial charge on any atom is -0.490 e. The second kappa shape index (κ2) is 16.9. The number of amides is 3. The quantitative estimate of drug-likeness (QED) is 0.248. The molecule has 3 amide bonds. The smallest absolute Gasteiger partial charge is 0.241 e. The van der Waals surface area contributed by atoms with Crippen LogP contribution >= 0.6 is 0 Å². The van der Waals surface area contributed by atoms with Crippen molar-refractivity contribution in [2.24, 2.45) is 16.6 Å². The minimum atomic E-state index is -0.564. The zero-order valence-corrected chi connectivity index (χ0v) is 27.5. The number of hydrogen-bond acceptors (Lipinski definition) is 7. The Hall–Kier alpha value is -3.79. The van der Waals surface area contributed by atoms with Crippen LogP contribution in [0.4, 0.5) is 5.69 Å². The van der Waals surface area contributed by atoms with Crippen LogP contribution in [-0.2, 0) is 20.8 Å². The van der Waals surface area contributed by atoms with E-state index >= 15 is 0 Å². The Balaban J connectivity index is 1.68. The summed E-state index contributed by atoms with van der Waals surface area (Å²) in [6.07, 6.45) is 5.62. The SMILES string of the molecule is CN(CCOc1ccc(C=O)nc1)C(=O)CCC(C)(C)CCC(=O)N(C)CCc1ccc(NC(=O)[C@@H](N)CC(C)(C)C)cc1. The number of rotatable bonds is 17. The van der Waals surface area contributed by atoms with Crippen LogP contribution in [-0.4, -0.2) is 78.6 Å². The maximum Gasteiger partial charge on any atom is 0.241 e. The molecule has 0 aliphatic carbocycles. The lowest BCUT2D eigenvalue weighted by Gasteiger charge is -2.27. The van der Waals surface area contributed by atoms with Gasteiger partial charge in [0.25, 0.3) is 0 Å². The van der Waals surface area contributed by atoms with Crippen molar-refractivity contribution in [3.63, 3.8) is 0 Å². The predicted molar refractivity (Wildman–Crippen MR) is 173 cm³/mol. The van der Waals surface area contributed by atoms with Crippen molar-refractivity contribution in [3.8, 4) is 5.75 Å². The van der Waals surface area contributed by atoms with E-state index in [0.717, 1.165) is 5.56 Å². The molecule has 2 aromatic rings. The summed E-state index contributed by atoms with van der Waals surface area (Å²) in [6.45, 7) is 11.7. The van der Waals surface area contributed by atoms with Crippen molar-refractivity contribution in [1.29, 1.82) is 0 Å². The van der Waals surface area contributed by atoms with Crippen LogP contribution in [0.2, 0.25) is 0 Å². The second-order valence-electron chi connectivity index (χ2n) is 13.5. The molecule has 44 heavy (non-hydrogen) atoms. The van der Waals surface area contributed by atoms with Crippen LogP contribution in [0.1, 0.15) is 82.8 Å². The first-order valence-electron chi connectivity index (χ1n) is 15.3. The molecule has 0 aliphatic heterocycles. The van der Waals surface area contributed by atoms with E-state index in [-0.39, 0.29) is 28.6 Å². The number of anilines is 1. The third-order valence-corrected chi connectivity index (χ3v) is 7.58. The molecule has 10 nitrogen and oxygen atoms in total. The first-order chi connectivity index (χ1) is 20.6. The van der Waals surface area contributed by atoms with Gasteiger partial charge in [-0.1, -0.05) is 46.8 Å². The molecule has 0 unspecified atom stereocenters. The number of carbonyl (C=O) groups excluding carboxylic acids is 4. The second-order valence-corrected chi connectivity index (χ2v) is 13.5. The maximum absolute atomic E-state index is 12.8. The molecule has 3 N–H and O–H groups in total. The Kier molecular flexibility index (Phi) is 14.0. The van der Waals surface area contributed by atoms with Gasteiger partial charge in [-0.05, 0) is 66.3 Å². The molecule has 1 heterocycles. The maximum atomic E-state index is 12.8. The molecule has 0 saturated carbocycles. The zero-order valence-electron chi connectivity index (χ0n) is 27.5. The predicted octanol–water partition coefficient (Wildman–Crippen LogP) is 4.72. The van der Waals surface area contributed by atoms with E-state index < -0.39 is 6.04 Å². The van der Waals surface area contributed by atoms with Gasteiger partial charge in [0.2, 0.25) is 17.7 Å². The Bertz CT molecular complexity index is 1220. The first kappa shape index (κ1) is 36.4. The van der Waals surface area contributed by atoms with Crippen molar-refractivity contribution in [2.75, 3.05) is 39.1 Å². The molecule has 0 spiro atoms. The first-order valence-corrected chi connectivity index (χ1v) is 15.3. The number of hydrogen-bond donors (Lipinski definition) is 2. The van der Waals surface area contributed by atoms with Gasteiger partial charge in [0.1, 0.15) is 18.1 Å². The lowest BCUT2D eigenvalue weighted by Crippen LogP contribution is -2.38. The summed E-state index contributed by atoms with van der Waals surface area (Å²) < 4.78 is 5.61. The molecule has 1 aromatic carbocycles. The van der Waals surface area contributed by atoms with Crippen molar-refractivity contribution in [2.45, 2.75) is 79.2 Å².